The van der Waals surface area contributed by atoms with Crippen LogP contribution in [0.4, 0.5) is 0 Å². The van der Waals surface area contributed by atoms with Gasteiger partial charge in [-0.15, -0.1) is 0 Å². The summed E-state index contributed by atoms with van der Waals surface area (Å²) in [6, 6.07) is 66.6. The first-order valence-electron chi connectivity index (χ1n) is 17.3. The van der Waals surface area contributed by atoms with Gasteiger partial charge in [-0.3, -0.25) is 0 Å². The third-order valence-corrected chi connectivity index (χ3v) is 10.6. The molecule has 2 nitrogen and oxygen atoms in total. The Hall–Kier alpha value is -6.64. The van der Waals surface area contributed by atoms with Gasteiger partial charge in [0, 0.05) is 38.3 Å². The second-order valence-corrected chi connectivity index (χ2v) is 13.3. The molecule has 0 saturated carbocycles. The summed E-state index contributed by atoms with van der Waals surface area (Å²) in [6.45, 7) is 0. The van der Waals surface area contributed by atoms with E-state index >= 15 is 0 Å². The van der Waals surface area contributed by atoms with E-state index in [-0.39, 0.29) is 0 Å². The number of aromatic nitrogens is 2. The van der Waals surface area contributed by atoms with Gasteiger partial charge in [-0.25, -0.2) is 0 Å². The molecule has 2 heteroatoms. The fourth-order valence-electron chi connectivity index (χ4n) is 8.49. The molecule has 0 radical (unpaired) electrons. The number of hydrogen-bond donors (Lipinski definition) is 0. The van der Waals surface area contributed by atoms with Crippen LogP contribution in [-0.4, -0.2) is 9.13 Å². The second-order valence-electron chi connectivity index (χ2n) is 13.3. The zero-order chi connectivity index (χ0) is 32.8. The highest BCUT2D eigenvalue weighted by atomic mass is 15.0. The lowest BCUT2D eigenvalue weighted by atomic mass is 9.97. The molecule has 0 saturated heterocycles. The van der Waals surface area contributed by atoms with Gasteiger partial charge in [-0.05, 0) is 80.5 Å². The van der Waals surface area contributed by atoms with E-state index in [9.17, 15) is 0 Å². The largest absolute Gasteiger partial charge is 0.309 e. The number of rotatable bonds is 3. The molecule has 11 rings (SSSR count). The summed E-state index contributed by atoms with van der Waals surface area (Å²) in [7, 11) is 0. The van der Waals surface area contributed by atoms with Gasteiger partial charge >= 0.3 is 0 Å². The molecule has 50 heavy (non-hydrogen) atoms. The van der Waals surface area contributed by atoms with Gasteiger partial charge in [-0.1, -0.05) is 140 Å². The second kappa shape index (κ2) is 10.4. The smallest absolute Gasteiger partial charge is 0.0648 e. The van der Waals surface area contributed by atoms with E-state index in [2.05, 4.69) is 191 Å². The Labute approximate surface area is 288 Å². The van der Waals surface area contributed by atoms with Crippen molar-refractivity contribution in [3.05, 3.63) is 182 Å². The lowest BCUT2D eigenvalue weighted by Gasteiger charge is -2.13. The summed E-state index contributed by atoms with van der Waals surface area (Å²) in [5.41, 5.74) is 9.66. The van der Waals surface area contributed by atoms with Gasteiger partial charge in [0.2, 0.25) is 0 Å². The van der Waals surface area contributed by atoms with Crippen LogP contribution in [-0.2, 0) is 0 Å². The minimum absolute atomic E-state index is 1.15. The van der Waals surface area contributed by atoms with E-state index in [0.29, 0.717) is 0 Å². The van der Waals surface area contributed by atoms with Crippen LogP contribution in [0.15, 0.2) is 182 Å². The number of nitrogens with zero attached hydrogens (tertiary/aromatic N) is 2. The molecule has 0 N–H and O–H groups in total. The van der Waals surface area contributed by atoms with Gasteiger partial charge in [0.1, 0.15) is 0 Å². The van der Waals surface area contributed by atoms with Crippen molar-refractivity contribution < 1.29 is 0 Å². The van der Waals surface area contributed by atoms with Crippen molar-refractivity contribution in [3.8, 4) is 22.5 Å². The zero-order valence-electron chi connectivity index (χ0n) is 27.2. The molecule has 232 valence electrons. The molecular weight excluding hydrogens is 605 g/mol. The standard InChI is InChI=1S/C48H30N2/c1-2-15-36(16-3-1)50-43-29-26-33-13-6-7-17-38(33)44(43)45-39-18-8-9-19-40(39)47-46(48(45)50)41-20-10-11-21-42(41)49(47)37-27-24-32(25-28-37)35-23-22-31-12-4-5-14-34(31)30-35/h1-30H. The summed E-state index contributed by atoms with van der Waals surface area (Å²) in [4.78, 5) is 0. The van der Waals surface area contributed by atoms with Crippen LogP contribution >= 0.6 is 0 Å². The van der Waals surface area contributed by atoms with Crippen molar-refractivity contribution in [3.63, 3.8) is 0 Å². The Morgan fingerprint density at radius 2 is 0.860 bits per heavy atom. The molecule has 9 aromatic carbocycles. The number of hydrogen-bond acceptors (Lipinski definition) is 0. The molecule has 0 aliphatic carbocycles. The lowest BCUT2D eigenvalue weighted by Crippen LogP contribution is -1.96. The fourth-order valence-corrected chi connectivity index (χ4v) is 8.49. The molecule has 0 unspecified atom stereocenters. The van der Waals surface area contributed by atoms with Crippen molar-refractivity contribution in [1.29, 1.82) is 0 Å². The molecule has 11 aromatic rings. The maximum Gasteiger partial charge on any atom is 0.0648 e. The van der Waals surface area contributed by atoms with Gasteiger partial charge < -0.3 is 9.13 Å². The predicted octanol–water partition coefficient (Wildman–Crippen LogP) is 13.0. The SMILES string of the molecule is c1ccc(-n2c3ccc4ccccc4c3c3c4ccccc4c4c(c5ccccc5n4-c4ccc(-c5ccc6ccccc6c5)cc4)c32)cc1. The molecule has 0 spiro atoms. The summed E-state index contributed by atoms with van der Waals surface area (Å²) >= 11 is 0. The lowest BCUT2D eigenvalue weighted by molar-refractivity contribution is 1.18. The third-order valence-electron chi connectivity index (χ3n) is 10.6. The van der Waals surface area contributed by atoms with Crippen LogP contribution in [0.25, 0.3) is 98.4 Å². The molecule has 2 aromatic heterocycles. The predicted molar refractivity (Wildman–Crippen MR) is 213 cm³/mol. The molecular formula is C48H30N2. The Balaban J connectivity index is 1.29. The molecule has 0 amide bonds. The van der Waals surface area contributed by atoms with Crippen LogP contribution in [0.1, 0.15) is 0 Å². The summed E-state index contributed by atoms with van der Waals surface area (Å²) in [5, 5.41) is 12.7. The Morgan fingerprint density at radius 1 is 0.280 bits per heavy atom. The summed E-state index contributed by atoms with van der Waals surface area (Å²) in [6.07, 6.45) is 0. The zero-order valence-corrected chi connectivity index (χ0v) is 27.2. The Morgan fingerprint density at radius 3 is 1.68 bits per heavy atom. The third kappa shape index (κ3) is 3.79. The van der Waals surface area contributed by atoms with E-state index < -0.39 is 0 Å². The molecule has 0 atom stereocenters. The normalized spacial score (nSPS) is 12.0. The van der Waals surface area contributed by atoms with E-state index in [1.165, 1.54) is 87.1 Å². The van der Waals surface area contributed by atoms with E-state index in [4.69, 9.17) is 0 Å². The average molecular weight is 635 g/mol. The van der Waals surface area contributed by atoms with Gasteiger partial charge in [0.05, 0.1) is 22.1 Å². The van der Waals surface area contributed by atoms with E-state index in [0.717, 1.165) is 11.4 Å². The van der Waals surface area contributed by atoms with Gasteiger partial charge in [0.25, 0.3) is 0 Å². The molecule has 2 heterocycles. The van der Waals surface area contributed by atoms with Crippen LogP contribution in [0, 0.1) is 0 Å². The highest BCUT2D eigenvalue weighted by Crippen LogP contribution is 2.48. The van der Waals surface area contributed by atoms with Crippen LogP contribution < -0.4 is 0 Å². The minimum Gasteiger partial charge on any atom is -0.309 e. The first-order valence-corrected chi connectivity index (χ1v) is 17.3. The quantitative estimate of drug-likeness (QED) is 0.183. The maximum absolute atomic E-state index is 2.51. The topological polar surface area (TPSA) is 9.86 Å². The highest BCUT2D eigenvalue weighted by molar-refractivity contribution is 6.39. The Bertz CT molecular complexity index is 3120. The highest BCUT2D eigenvalue weighted by Gasteiger charge is 2.25. The van der Waals surface area contributed by atoms with Crippen molar-refractivity contribution in [2.75, 3.05) is 0 Å². The van der Waals surface area contributed by atoms with Gasteiger partial charge in [-0.2, -0.15) is 0 Å². The van der Waals surface area contributed by atoms with Crippen molar-refractivity contribution in [2.45, 2.75) is 0 Å². The van der Waals surface area contributed by atoms with Crippen molar-refractivity contribution in [2.24, 2.45) is 0 Å². The first kappa shape index (κ1) is 27.3. The van der Waals surface area contributed by atoms with Crippen LogP contribution in [0.3, 0.4) is 0 Å². The average Bonchev–Trinajstić information content (AvgIpc) is 3.72. The van der Waals surface area contributed by atoms with E-state index in [1.54, 1.807) is 0 Å². The molecule has 0 bridgehead atoms. The summed E-state index contributed by atoms with van der Waals surface area (Å²) < 4.78 is 4.99. The maximum atomic E-state index is 2.51. The minimum atomic E-state index is 1.15. The molecule has 0 aliphatic rings. The molecule has 0 fully saturated rings. The number of para-hydroxylation sites is 2. The van der Waals surface area contributed by atoms with Crippen LogP contribution in [0.2, 0.25) is 0 Å². The van der Waals surface area contributed by atoms with Crippen molar-refractivity contribution >= 4 is 75.9 Å². The first-order chi connectivity index (χ1) is 24.8. The van der Waals surface area contributed by atoms with Crippen LogP contribution in [0.5, 0.6) is 0 Å². The van der Waals surface area contributed by atoms with E-state index in [1.807, 2.05) is 0 Å². The Kier molecular flexibility index (Phi) is 5.70. The summed E-state index contributed by atoms with van der Waals surface area (Å²) in [5.74, 6) is 0. The fraction of sp³-hybridized carbons (Fsp3) is 0. The van der Waals surface area contributed by atoms with Gasteiger partial charge in [0.15, 0.2) is 0 Å². The number of fused-ring (bicyclic) bond motifs is 13. The molecule has 0 aliphatic heterocycles. The monoisotopic (exact) mass is 634 g/mol. The van der Waals surface area contributed by atoms with Crippen molar-refractivity contribution in [1.82, 2.24) is 9.13 Å². The number of benzene rings is 9.